The summed E-state index contributed by atoms with van der Waals surface area (Å²) in [6, 6.07) is 21.2. The zero-order valence-corrected chi connectivity index (χ0v) is 17.3. The molecule has 7 heteroatoms. The molecule has 0 spiro atoms. The Bertz CT molecular complexity index is 1160. The number of nitrogens with one attached hydrogen (secondary N) is 3. The molecule has 0 aliphatic rings. The summed E-state index contributed by atoms with van der Waals surface area (Å²) < 4.78 is 5.82. The number of aryl methyl sites for hydroxylation is 1. The molecule has 0 saturated carbocycles. The standard InChI is InChI=1S/C22H19ClN4OS/c1-14-3-2-4-17(11-14)25-22(29)24-16-6-8-18(9-7-16)28-13-21-26-19-10-5-15(23)12-20(19)27-21/h2-12H,13H2,1H3,(H,26,27)(H2,24,25,29). The Hall–Kier alpha value is -3.09. The van der Waals surface area contributed by atoms with Crippen LogP contribution in [0.2, 0.25) is 5.02 Å². The molecule has 0 saturated heterocycles. The highest BCUT2D eigenvalue weighted by molar-refractivity contribution is 7.80. The number of ether oxygens (including phenoxy) is 1. The van der Waals surface area contributed by atoms with Gasteiger partial charge in [-0.25, -0.2) is 4.98 Å². The third-order valence-corrected chi connectivity index (χ3v) is 4.70. The fourth-order valence-electron chi connectivity index (χ4n) is 2.91. The first-order valence-electron chi connectivity index (χ1n) is 9.07. The van der Waals surface area contributed by atoms with E-state index < -0.39 is 0 Å². The lowest BCUT2D eigenvalue weighted by molar-refractivity contribution is 0.297. The van der Waals surface area contributed by atoms with Gasteiger partial charge in [-0.2, -0.15) is 0 Å². The van der Waals surface area contributed by atoms with Crippen molar-refractivity contribution in [3.63, 3.8) is 0 Å². The van der Waals surface area contributed by atoms with Gasteiger partial charge in [0.2, 0.25) is 0 Å². The van der Waals surface area contributed by atoms with Gasteiger partial charge >= 0.3 is 0 Å². The SMILES string of the molecule is Cc1cccc(NC(=S)Nc2ccc(OCc3nc4ccc(Cl)cc4[nH]3)cc2)c1. The molecule has 1 heterocycles. The molecule has 0 unspecified atom stereocenters. The number of benzene rings is 3. The topological polar surface area (TPSA) is 62.0 Å². The van der Waals surface area contributed by atoms with Crippen molar-refractivity contribution in [1.29, 1.82) is 0 Å². The van der Waals surface area contributed by atoms with E-state index in [1.807, 2.05) is 73.7 Å². The molecule has 3 N–H and O–H groups in total. The molecule has 0 bridgehead atoms. The number of nitrogens with zero attached hydrogens (tertiary/aromatic N) is 1. The summed E-state index contributed by atoms with van der Waals surface area (Å²) >= 11 is 11.4. The summed E-state index contributed by atoms with van der Waals surface area (Å²) in [6.07, 6.45) is 0. The van der Waals surface area contributed by atoms with E-state index >= 15 is 0 Å². The van der Waals surface area contributed by atoms with Crippen LogP contribution < -0.4 is 15.4 Å². The predicted octanol–water partition coefficient (Wildman–Crippen LogP) is 5.91. The zero-order chi connectivity index (χ0) is 20.2. The van der Waals surface area contributed by atoms with Crippen molar-refractivity contribution in [3.8, 4) is 5.75 Å². The average molecular weight is 423 g/mol. The van der Waals surface area contributed by atoms with E-state index in [4.69, 9.17) is 28.6 Å². The van der Waals surface area contributed by atoms with Crippen LogP contribution in [0.3, 0.4) is 0 Å². The molecule has 0 radical (unpaired) electrons. The van der Waals surface area contributed by atoms with Gasteiger partial charge in [0.05, 0.1) is 11.0 Å². The molecule has 4 aromatic rings. The molecule has 1 aromatic heterocycles. The summed E-state index contributed by atoms with van der Waals surface area (Å²) in [5.74, 6) is 1.49. The van der Waals surface area contributed by atoms with Crippen LogP contribution in [0, 0.1) is 6.92 Å². The van der Waals surface area contributed by atoms with Crippen LogP contribution in [0.1, 0.15) is 11.4 Å². The van der Waals surface area contributed by atoms with Gasteiger partial charge in [-0.15, -0.1) is 0 Å². The molecular weight excluding hydrogens is 404 g/mol. The van der Waals surface area contributed by atoms with Gasteiger partial charge in [0, 0.05) is 16.4 Å². The first kappa shape index (κ1) is 19.2. The second-order valence-corrected chi connectivity index (χ2v) is 7.45. The fraction of sp³-hybridized carbons (Fsp3) is 0.0909. The van der Waals surface area contributed by atoms with E-state index in [-0.39, 0.29) is 0 Å². The number of imidazole rings is 1. The molecule has 0 amide bonds. The lowest BCUT2D eigenvalue weighted by Gasteiger charge is -2.11. The largest absolute Gasteiger partial charge is 0.486 e. The Morgan fingerprint density at radius 1 is 1.03 bits per heavy atom. The number of fused-ring (bicyclic) bond motifs is 1. The van der Waals surface area contributed by atoms with E-state index in [1.54, 1.807) is 0 Å². The molecule has 29 heavy (non-hydrogen) atoms. The maximum Gasteiger partial charge on any atom is 0.175 e. The minimum atomic E-state index is 0.340. The van der Waals surface area contributed by atoms with Crippen LogP contribution in [-0.4, -0.2) is 15.1 Å². The van der Waals surface area contributed by atoms with E-state index in [9.17, 15) is 0 Å². The Labute approximate surface area is 179 Å². The Morgan fingerprint density at radius 2 is 1.83 bits per heavy atom. The average Bonchev–Trinajstić information content (AvgIpc) is 3.09. The van der Waals surface area contributed by atoms with Crippen molar-refractivity contribution < 1.29 is 4.74 Å². The number of aromatic nitrogens is 2. The van der Waals surface area contributed by atoms with E-state index in [1.165, 1.54) is 5.56 Å². The van der Waals surface area contributed by atoms with Gasteiger partial charge in [-0.3, -0.25) is 0 Å². The maximum atomic E-state index is 6.01. The molecule has 0 aliphatic carbocycles. The van der Waals surface area contributed by atoms with Gasteiger partial charge in [0.25, 0.3) is 0 Å². The summed E-state index contributed by atoms with van der Waals surface area (Å²) in [4.78, 5) is 7.71. The van der Waals surface area contributed by atoms with Gasteiger partial charge in [0.1, 0.15) is 18.2 Å². The van der Waals surface area contributed by atoms with Crippen molar-refractivity contribution in [3.05, 3.63) is 83.1 Å². The third-order valence-electron chi connectivity index (χ3n) is 4.26. The highest BCUT2D eigenvalue weighted by Crippen LogP contribution is 2.20. The number of thiocarbonyl (C=S) groups is 1. The number of rotatable bonds is 5. The number of aromatic amines is 1. The van der Waals surface area contributed by atoms with Crippen LogP contribution in [-0.2, 0) is 6.61 Å². The Balaban J connectivity index is 1.33. The van der Waals surface area contributed by atoms with Gasteiger partial charge in [-0.05, 0) is 79.3 Å². The van der Waals surface area contributed by atoms with Crippen LogP contribution in [0.15, 0.2) is 66.7 Å². The van der Waals surface area contributed by atoms with Crippen molar-refractivity contribution in [2.24, 2.45) is 0 Å². The molecule has 3 aromatic carbocycles. The summed E-state index contributed by atoms with van der Waals surface area (Å²) in [7, 11) is 0. The van der Waals surface area contributed by atoms with Crippen LogP contribution in [0.4, 0.5) is 11.4 Å². The minimum Gasteiger partial charge on any atom is -0.486 e. The predicted molar refractivity (Wildman–Crippen MR) is 123 cm³/mol. The van der Waals surface area contributed by atoms with Crippen LogP contribution >= 0.6 is 23.8 Å². The van der Waals surface area contributed by atoms with E-state index in [2.05, 4.69) is 20.6 Å². The zero-order valence-electron chi connectivity index (χ0n) is 15.7. The number of hydrogen-bond acceptors (Lipinski definition) is 3. The Kier molecular flexibility index (Phi) is 5.64. The first-order valence-corrected chi connectivity index (χ1v) is 9.85. The van der Waals surface area contributed by atoms with Gasteiger partial charge in [0.15, 0.2) is 5.11 Å². The second kappa shape index (κ2) is 8.51. The monoisotopic (exact) mass is 422 g/mol. The number of halogens is 1. The normalized spacial score (nSPS) is 10.7. The lowest BCUT2D eigenvalue weighted by atomic mass is 10.2. The second-order valence-electron chi connectivity index (χ2n) is 6.61. The quantitative estimate of drug-likeness (QED) is 0.349. The molecular formula is C22H19ClN4OS. The maximum absolute atomic E-state index is 6.01. The smallest absolute Gasteiger partial charge is 0.175 e. The highest BCUT2D eigenvalue weighted by atomic mass is 35.5. The van der Waals surface area contributed by atoms with E-state index in [0.29, 0.717) is 16.7 Å². The molecule has 146 valence electrons. The van der Waals surface area contributed by atoms with Crippen molar-refractivity contribution in [1.82, 2.24) is 9.97 Å². The number of H-pyrrole nitrogens is 1. The lowest BCUT2D eigenvalue weighted by Crippen LogP contribution is -2.18. The summed E-state index contributed by atoms with van der Waals surface area (Å²) in [5, 5.41) is 7.55. The minimum absolute atomic E-state index is 0.340. The molecule has 0 atom stereocenters. The van der Waals surface area contributed by atoms with Crippen LogP contribution in [0.25, 0.3) is 11.0 Å². The fourth-order valence-corrected chi connectivity index (χ4v) is 3.31. The highest BCUT2D eigenvalue weighted by Gasteiger charge is 2.05. The molecule has 0 aliphatic heterocycles. The summed E-state index contributed by atoms with van der Waals surface area (Å²) in [6.45, 7) is 2.38. The number of hydrogen-bond donors (Lipinski definition) is 3. The van der Waals surface area contributed by atoms with Crippen LogP contribution in [0.5, 0.6) is 5.75 Å². The third kappa shape index (κ3) is 5.04. The summed E-state index contributed by atoms with van der Waals surface area (Å²) in [5.41, 5.74) is 4.76. The van der Waals surface area contributed by atoms with Crippen molar-refractivity contribution in [2.75, 3.05) is 10.6 Å². The Morgan fingerprint density at radius 3 is 2.62 bits per heavy atom. The first-order chi connectivity index (χ1) is 14.0. The molecule has 5 nitrogen and oxygen atoms in total. The molecule has 0 fully saturated rings. The van der Waals surface area contributed by atoms with E-state index in [0.717, 1.165) is 34.0 Å². The van der Waals surface area contributed by atoms with Crippen molar-refractivity contribution in [2.45, 2.75) is 13.5 Å². The van der Waals surface area contributed by atoms with Gasteiger partial charge < -0.3 is 20.4 Å². The van der Waals surface area contributed by atoms with Crippen molar-refractivity contribution >= 4 is 51.3 Å². The molecule has 4 rings (SSSR count). The van der Waals surface area contributed by atoms with Gasteiger partial charge in [-0.1, -0.05) is 23.7 Å². The number of anilines is 2.